The van der Waals surface area contributed by atoms with E-state index in [0.717, 1.165) is 19.3 Å². The molecule has 2 heteroatoms. The highest BCUT2D eigenvalue weighted by molar-refractivity contribution is 5.66. The lowest BCUT2D eigenvalue weighted by Gasteiger charge is -2.29. The fourth-order valence-corrected chi connectivity index (χ4v) is 1.75. The van der Waals surface area contributed by atoms with Crippen LogP contribution in [0.3, 0.4) is 0 Å². The zero-order valence-corrected chi connectivity index (χ0v) is 9.26. The van der Waals surface area contributed by atoms with Gasteiger partial charge in [-0.1, -0.05) is 34.1 Å². The van der Waals surface area contributed by atoms with Gasteiger partial charge in [-0.3, -0.25) is 4.79 Å². The Hall–Kier alpha value is -0.530. The molecule has 1 N–H and O–H groups in total. The normalized spacial score (nSPS) is 14.2. The molecule has 0 aliphatic carbocycles. The summed E-state index contributed by atoms with van der Waals surface area (Å²) in [5.41, 5.74) is 0.313. The van der Waals surface area contributed by atoms with Gasteiger partial charge in [0, 0.05) is 6.42 Å². The van der Waals surface area contributed by atoms with Gasteiger partial charge in [-0.15, -0.1) is 0 Å². The predicted molar refractivity (Wildman–Crippen MR) is 54.7 cm³/mol. The fourth-order valence-electron chi connectivity index (χ4n) is 1.75. The van der Waals surface area contributed by atoms with Crippen LogP contribution in [0.1, 0.15) is 53.4 Å². The van der Waals surface area contributed by atoms with Crippen LogP contribution in [0, 0.1) is 11.3 Å². The van der Waals surface area contributed by atoms with Crippen LogP contribution in [0.25, 0.3) is 0 Å². The van der Waals surface area contributed by atoms with E-state index in [1.165, 1.54) is 0 Å². The molecule has 0 saturated heterocycles. The second kappa shape index (κ2) is 5.25. The third kappa shape index (κ3) is 5.67. The number of hydrogen-bond donors (Lipinski definition) is 1. The largest absolute Gasteiger partial charge is 0.481 e. The summed E-state index contributed by atoms with van der Waals surface area (Å²) < 4.78 is 0. The Kier molecular flexibility index (Phi) is 5.04. The van der Waals surface area contributed by atoms with E-state index in [-0.39, 0.29) is 0 Å². The van der Waals surface area contributed by atoms with E-state index in [2.05, 4.69) is 27.7 Å². The molecular formula is C11H22O2. The lowest BCUT2D eigenvalue weighted by Crippen LogP contribution is -2.19. The van der Waals surface area contributed by atoms with Crippen LogP contribution in [-0.4, -0.2) is 11.1 Å². The molecule has 2 nitrogen and oxygen atoms in total. The van der Waals surface area contributed by atoms with Crippen LogP contribution >= 0.6 is 0 Å². The fraction of sp³-hybridized carbons (Fsp3) is 0.909. The molecule has 0 spiro atoms. The van der Waals surface area contributed by atoms with Crippen molar-refractivity contribution in [3.8, 4) is 0 Å². The average molecular weight is 186 g/mol. The zero-order chi connectivity index (χ0) is 10.5. The minimum absolute atomic E-state index is 0.312. The van der Waals surface area contributed by atoms with E-state index < -0.39 is 5.97 Å². The van der Waals surface area contributed by atoms with Crippen molar-refractivity contribution >= 4 is 5.97 Å². The van der Waals surface area contributed by atoms with E-state index >= 15 is 0 Å². The molecule has 0 aliphatic rings. The Morgan fingerprint density at radius 2 is 1.92 bits per heavy atom. The molecule has 0 heterocycles. The Morgan fingerprint density at radius 3 is 2.23 bits per heavy atom. The summed E-state index contributed by atoms with van der Waals surface area (Å²) in [6.07, 6.45) is 3.30. The van der Waals surface area contributed by atoms with E-state index in [9.17, 15) is 4.79 Å². The second-order valence-corrected chi connectivity index (χ2v) is 4.76. The summed E-state index contributed by atoms with van der Waals surface area (Å²) in [5, 5.41) is 8.50. The number of hydrogen-bond acceptors (Lipinski definition) is 1. The molecule has 0 aromatic rings. The molecule has 1 unspecified atom stereocenters. The molecule has 78 valence electrons. The molecule has 13 heavy (non-hydrogen) atoms. The molecule has 0 aromatic heterocycles. The van der Waals surface area contributed by atoms with Crippen molar-refractivity contribution in [2.45, 2.75) is 53.4 Å². The number of carboxylic acids is 1. The van der Waals surface area contributed by atoms with E-state index in [1.54, 1.807) is 0 Å². The van der Waals surface area contributed by atoms with Crippen molar-refractivity contribution in [3.05, 3.63) is 0 Å². The highest BCUT2D eigenvalue weighted by Gasteiger charge is 2.22. The first-order valence-electron chi connectivity index (χ1n) is 5.09. The molecule has 0 rings (SSSR count). The Bertz CT molecular complexity index is 156. The first-order chi connectivity index (χ1) is 5.88. The molecule has 0 aliphatic heterocycles. The lowest BCUT2D eigenvalue weighted by molar-refractivity contribution is -0.137. The van der Waals surface area contributed by atoms with Crippen molar-refractivity contribution < 1.29 is 9.90 Å². The first-order valence-corrected chi connectivity index (χ1v) is 5.09. The molecule has 0 saturated carbocycles. The standard InChI is InChI=1S/C11H22O2/c1-5-9(11(2,3)4)7-6-8-10(12)13/h9H,5-8H2,1-4H3,(H,12,13). The molecular weight excluding hydrogens is 164 g/mol. The molecule has 0 radical (unpaired) electrons. The third-order valence-electron chi connectivity index (χ3n) is 2.66. The molecule has 0 fully saturated rings. The highest BCUT2D eigenvalue weighted by Crippen LogP contribution is 2.32. The van der Waals surface area contributed by atoms with Crippen molar-refractivity contribution in [3.63, 3.8) is 0 Å². The van der Waals surface area contributed by atoms with Crippen molar-refractivity contribution in [2.75, 3.05) is 0 Å². The van der Waals surface area contributed by atoms with Gasteiger partial charge in [-0.05, 0) is 24.2 Å². The van der Waals surface area contributed by atoms with Crippen LogP contribution in [0.5, 0.6) is 0 Å². The number of aliphatic carboxylic acids is 1. The summed E-state index contributed by atoms with van der Waals surface area (Å²) in [6.45, 7) is 8.85. The van der Waals surface area contributed by atoms with Crippen LogP contribution < -0.4 is 0 Å². The predicted octanol–water partition coefficient (Wildman–Crippen LogP) is 3.31. The molecule has 1 atom stereocenters. The summed E-state index contributed by atoms with van der Waals surface area (Å²) in [7, 11) is 0. The van der Waals surface area contributed by atoms with Crippen LogP contribution in [0.2, 0.25) is 0 Å². The lowest BCUT2D eigenvalue weighted by atomic mass is 9.76. The highest BCUT2D eigenvalue weighted by atomic mass is 16.4. The van der Waals surface area contributed by atoms with Gasteiger partial charge in [-0.2, -0.15) is 0 Å². The molecule has 0 bridgehead atoms. The van der Waals surface area contributed by atoms with Gasteiger partial charge < -0.3 is 5.11 Å². The van der Waals surface area contributed by atoms with E-state index in [4.69, 9.17) is 5.11 Å². The summed E-state index contributed by atoms with van der Waals surface area (Å²) in [5.74, 6) is -0.0318. The maximum atomic E-state index is 10.3. The van der Waals surface area contributed by atoms with Gasteiger partial charge >= 0.3 is 5.97 Å². The summed E-state index contributed by atoms with van der Waals surface area (Å²) >= 11 is 0. The van der Waals surface area contributed by atoms with E-state index in [0.29, 0.717) is 17.8 Å². The minimum Gasteiger partial charge on any atom is -0.481 e. The van der Waals surface area contributed by atoms with Gasteiger partial charge in [0.15, 0.2) is 0 Å². The quantitative estimate of drug-likeness (QED) is 0.715. The zero-order valence-electron chi connectivity index (χ0n) is 9.26. The van der Waals surface area contributed by atoms with Crippen molar-refractivity contribution in [1.29, 1.82) is 0 Å². The first kappa shape index (κ1) is 12.5. The minimum atomic E-state index is -0.677. The summed E-state index contributed by atoms with van der Waals surface area (Å²) in [4.78, 5) is 10.3. The Morgan fingerprint density at radius 1 is 1.38 bits per heavy atom. The number of carboxylic acid groups (broad SMARTS) is 1. The van der Waals surface area contributed by atoms with Crippen molar-refractivity contribution in [1.82, 2.24) is 0 Å². The topological polar surface area (TPSA) is 37.3 Å². The van der Waals surface area contributed by atoms with Crippen LogP contribution in [0.4, 0.5) is 0 Å². The maximum absolute atomic E-state index is 10.3. The average Bonchev–Trinajstić information content (AvgIpc) is 1.95. The molecule has 0 amide bonds. The third-order valence-corrected chi connectivity index (χ3v) is 2.66. The second-order valence-electron chi connectivity index (χ2n) is 4.76. The van der Waals surface area contributed by atoms with Crippen molar-refractivity contribution in [2.24, 2.45) is 11.3 Å². The van der Waals surface area contributed by atoms with Gasteiger partial charge in [0.2, 0.25) is 0 Å². The van der Waals surface area contributed by atoms with Gasteiger partial charge in [0.25, 0.3) is 0 Å². The Labute approximate surface area is 81.3 Å². The van der Waals surface area contributed by atoms with Crippen LogP contribution in [-0.2, 0) is 4.79 Å². The SMILES string of the molecule is CCC(CCCC(=O)O)C(C)(C)C. The van der Waals surface area contributed by atoms with Crippen LogP contribution in [0.15, 0.2) is 0 Å². The smallest absolute Gasteiger partial charge is 0.303 e. The molecule has 0 aromatic carbocycles. The van der Waals surface area contributed by atoms with E-state index in [1.807, 2.05) is 0 Å². The number of rotatable bonds is 5. The van der Waals surface area contributed by atoms with Gasteiger partial charge in [-0.25, -0.2) is 0 Å². The Balaban J connectivity index is 3.80. The van der Waals surface area contributed by atoms with Gasteiger partial charge in [0.05, 0.1) is 0 Å². The number of carbonyl (C=O) groups is 1. The summed E-state index contributed by atoms with van der Waals surface area (Å²) in [6, 6.07) is 0. The monoisotopic (exact) mass is 186 g/mol. The maximum Gasteiger partial charge on any atom is 0.303 e. The van der Waals surface area contributed by atoms with Gasteiger partial charge in [0.1, 0.15) is 0 Å².